The van der Waals surface area contributed by atoms with Gasteiger partial charge in [-0.3, -0.25) is 9.59 Å². The molecule has 0 aliphatic carbocycles. The first-order chi connectivity index (χ1) is 28.8. The first-order valence-corrected chi connectivity index (χ1v) is 22.3. The molecule has 1 aliphatic rings. The van der Waals surface area contributed by atoms with Gasteiger partial charge in [-0.25, -0.2) is 0 Å². The molecule has 1 aliphatic heterocycles. The summed E-state index contributed by atoms with van der Waals surface area (Å²) in [5.41, 5.74) is 0. The molecule has 0 bridgehead atoms. The Morgan fingerprint density at radius 1 is 0.542 bits per heavy atom. The lowest BCUT2D eigenvalue weighted by atomic mass is 9.99. The van der Waals surface area contributed by atoms with E-state index in [1.165, 1.54) is 19.3 Å². The number of hydrogen-bond acceptors (Lipinski definition) is 10. The van der Waals surface area contributed by atoms with Gasteiger partial charge in [0.2, 0.25) is 0 Å². The third-order valence-electron chi connectivity index (χ3n) is 9.45. The fraction of sp³-hybridized carbons (Fsp3) is 0.633. The Morgan fingerprint density at radius 3 is 1.51 bits per heavy atom. The van der Waals surface area contributed by atoms with Gasteiger partial charge in [0, 0.05) is 12.8 Å². The third-order valence-corrected chi connectivity index (χ3v) is 9.45. The number of ether oxygens (including phenoxy) is 4. The lowest BCUT2D eigenvalue weighted by Gasteiger charge is -2.39. The standard InChI is InChI=1S/C49H78O10/c1-3-5-7-9-11-13-15-17-19-20-21-22-24-26-28-30-32-34-36-38-45(52)58-42(41-57-49-48(55)47(54)46(53)43(39-50)59-49)40-56-44(51)37-35-33-31-29-27-25-23-18-16-14-12-10-8-6-4-2/h5,7,11-14,17-19,21-23,26-29,42-43,46-50,53-55H,3-4,6,8-10,15-16,20,24-25,30-41H2,1-2H3/b7-5+,13-11+,14-12+,19-17+,22-21+,23-18+,28-26+,29-27+/t42-,43-,46+,47?,48?,49-/m1/s1. The number of aliphatic hydroxyl groups is 4. The molecule has 0 saturated carbocycles. The van der Waals surface area contributed by atoms with Crippen LogP contribution in [-0.2, 0) is 28.5 Å². The summed E-state index contributed by atoms with van der Waals surface area (Å²) in [6.45, 7) is 3.18. The summed E-state index contributed by atoms with van der Waals surface area (Å²) in [6, 6.07) is 0. The van der Waals surface area contributed by atoms with Gasteiger partial charge in [-0.05, 0) is 96.3 Å². The van der Waals surface area contributed by atoms with Gasteiger partial charge in [-0.1, -0.05) is 130 Å². The van der Waals surface area contributed by atoms with Crippen molar-refractivity contribution >= 4 is 11.9 Å². The molecule has 59 heavy (non-hydrogen) atoms. The molecule has 0 aromatic rings. The second-order valence-corrected chi connectivity index (χ2v) is 14.8. The maximum absolute atomic E-state index is 12.8. The summed E-state index contributed by atoms with van der Waals surface area (Å²) in [4.78, 5) is 25.3. The van der Waals surface area contributed by atoms with Crippen LogP contribution in [0, 0.1) is 0 Å². The number of rotatable bonds is 35. The molecular formula is C49H78O10. The molecule has 10 heteroatoms. The smallest absolute Gasteiger partial charge is 0.306 e. The van der Waals surface area contributed by atoms with Crippen molar-refractivity contribution in [2.45, 2.75) is 179 Å². The Balaban J connectivity index is 2.41. The van der Waals surface area contributed by atoms with E-state index in [1.54, 1.807) is 0 Å². The maximum atomic E-state index is 12.8. The first-order valence-electron chi connectivity index (χ1n) is 22.3. The van der Waals surface area contributed by atoms with Gasteiger partial charge in [0.25, 0.3) is 0 Å². The van der Waals surface area contributed by atoms with Crippen molar-refractivity contribution in [1.29, 1.82) is 0 Å². The fourth-order valence-electron chi connectivity index (χ4n) is 5.92. The van der Waals surface area contributed by atoms with E-state index in [9.17, 15) is 30.0 Å². The maximum Gasteiger partial charge on any atom is 0.306 e. The molecule has 1 heterocycles. The zero-order chi connectivity index (χ0) is 43.0. The van der Waals surface area contributed by atoms with Crippen molar-refractivity contribution in [3.8, 4) is 0 Å². The summed E-state index contributed by atoms with van der Waals surface area (Å²) in [7, 11) is 0. The van der Waals surface area contributed by atoms with Gasteiger partial charge in [-0.15, -0.1) is 0 Å². The second-order valence-electron chi connectivity index (χ2n) is 14.8. The molecule has 4 N–H and O–H groups in total. The molecule has 0 aromatic heterocycles. The first kappa shape index (κ1) is 53.6. The highest BCUT2D eigenvalue weighted by atomic mass is 16.7. The number of carbonyl (C=O) groups excluding carboxylic acids is 2. The largest absolute Gasteiger partial charge is 0.462 e. The molecule has 2 unspecified atom stereocenters. The van der Waals surface area contributed by atoms with Gasteiger partial charge in [-0.2, -0.15) is 0 Å². The lowest BCUT2D eigenvalue weighted by molar-refractivity contribution is -0.305. The van der Waals surface area contributed by atoms with Gasteiger partial charge in [0.05, 0.1) is 13.2 Å². The lowest BCUT2D eigenvalue weighted by Crippen LogP contribution is -2.59. The molecule has 334 valence electrons. The zero-order valence-corrected chi connectivity index (χ0v) is 36.2. The second kappa shape index (κ2) is 38.8. The minimum Gasteiger partial charge on any atom is -0.462 e. The van der Waals surface area contributed by atoms with Crippen LogP contribution in [0.5, 0.6) is 0 Å². The highest BCUT2D eigenvalue weighted by Gasteiger charge is 2.44. The van der Waals surface area contributed by atoms with E-state index < -0.39 is 55.4 Å². The van der Waals surface area contributed by atoms with Crippen LogP contribution in [-0.4, -0.2) is 89.0 Å². The summed E-state index contributed by atoms with van der Waals surface area (Å²) in [5, 5.41) is 40.1. The average Bonchev–Trinajstić information content (AvgIpc) is 3.23. The minimum absolute atomic E-state index is 0.176. The van der Waals surface area contributed by atoms with E-state index >= 15 is 0 Å². The minimum atomic E-state index is -1.61. The number of unbranched alkanes of at least 4 members (excludes halogenated alkanes) is 8. The Kier molecular flexibility index (Phi) is 35.3. The summed E-state index contributed by atoms with van der Waals surface area (Å²) < 4.78 is 22.1. The van der Waals surface area contributed by atoms with Crippen molar-refractivity contribution in [1.82, 2.24) is 0 Å². The molecule has 1 fully saturated rings. The molecule has 1 saturated heterocycles. The van der Waals surface area contributed by atoms with Crippen molar-refractivity contribution in [2.24, 2.45) is 0 Å². The Hall–Kier alpha value is -3.38. The number of hydrogen-bond donors (Lipinski definition) is 4. The highest BCUT2D eigenvalue weighted by Crippen LogP contribution is 2.22. The molecular weight excluding hydrogens is 749 g/mol. The summed E-state index contributed by atoms with van der Waals surface area (Å²) in [5.74, 6) is -0.901. The van der Waals surface area contributed by atoms with Gasteiger partial charge in [0.1, 0.15) is 31.0 Å². The quantitative estimate of drug-likeness (QED) is 0.0276. The molecule has 0 amide bonds. The van der Waals surface area contributed by atoms with E-state index in [4.69, 9.17) is 18.9 Å². The van der Waals surface area contributed by atoms with E-state index in [1.807, 2.05) is 0 Å². The van der Waals surface area contributed by atoms with Crippen LogP contribution in [0.15, 0.2) is 97.2 Å². The van der Waals surface area contributed by atoms with Crippen LogP contribution in [0.25, 0.3) is 0 Å². The predicted octanol–water partition coefficient (Wildman–Crippen LogP) is 9.55. The van der Waals surface area contributed by atoms with Crippen molar-refractivity contribution in [3.05, 3.63) is 97.2 Å². The van der Waals surface area contributed by atoms with Crippen LogP contribution >= 0.6 is 0 Å². The van der Waals surface area contributed by atoms with E-state index in [0.29, 0.717) is 12.8 Å². The van der Waals surface area contributed by atoms with Crippen LogP contribution in [0.3, 0.4) is 0 Å². The van der Waals surface area contributed by atoms with Crippen molar-refractivity contribution in [3.63, 3.8) is 0 Å². The number of carbonyl (C=O) groups is 2. The Morgan fingerprint density at radius 2 is 1.00 bits per heavy atom. The molecule has 0 radical (unpaired) electrons. The fourth-order valence-corrected chi connectivity index (χ4v) is 5.92. The normalized spacial score (nSPS) is 20.9. The Bertz CT molecular complexity index is 1280. The van der Waals surface area contributed by atoms with Crippen LogP contribution in [0.4, 0.5) is 0 Å². The number of esters is 2. The molecule has 10 nitrogen and oxygen atoms in total. The highest BCUT2D eigenvalue weighted by molar-refractivity contribution is 5.70. The van der Waals surface area contributed by atoms with Crippen molar-refractivity contribution < 1.29 is 49.0 Å². The monoisotopic (exact) mass is 827 g/mol. The van der Waals surface area contributed by atoms with Gasteiger partial charge < -0.3 is 39.4 Å². The molecule has 0 aromatic carbocycles. The molecule has 6 atom stereocenters. The Labute approximate surface area is 356 Å². The van der Waals surface area contributed by atoms with Crippen molar-refractivity contribution in [2.75, 3.05) is 19.8 Å². The van der Waals surface area contributed by atoms with Gasteiger partial charge >= 0.3 is 11.9 Å². The van der Waals surface area contributed by atoms with Crippen LogP contribution < -0.4 is 0 Å². The summed E-state index contributed by atoms with van der Waals surface area (Å²) in [6.07, 6.45) is 44.1. The van der Waals surface area contributed by atoms with Gasteiger partial charge in [0.15, 0.2) is 12.4 Å². The van der Waals surface area contributed by atoms with Crippen LogP contribution in [0.2, 0.25) is 0 Å². The zero-order valence-electron chi connectivity index (χ0n) is 36.2. The topological polar surface area (TPSA) is 152 Å². The average molecular weight is 827 g/mol. The SMILES string of the molecule is CC/C=C/C/C=C/C/C=C/C/C=C/C/C=C/CCCCCC(=O)O[C@H](COC(=O)CCCC/C=C/C/C=C/C/C=C/CCCCC)CO[C@@H]1O[C@H](CO)[C@H](O)C(O)C1O. The van der Waals surface area contributed by atoms with E-state index in [-0.39, 0.29) is 26.1 Å². The number of aliphatic hydroxyl groups excluding tert-OH is 4. The van der Waals surface area contributed by atoms with E-state index in [2.05, 4.69) is 111 Å². The molecule has 0 spiro atoms. The molecule has 1 rings (SSSR count). The van der Waals surface area contributed by atoms with E-state index in [0.717, 1.165) is 83.5 Å². The van der Waals surface area contributed by atoms with Crippen LogP contribution in [0.1, 0.15) is 142 Å². The number of allylic oxidation sites excluding steroid dienone is 16. The third kappa shape index (κ3) is 30.3. The predicted molar refractivity (Wildman–Crippen MR) is 237 cm³/mol. The summed E-state index contributed by atoms with van der Waals surface area (Å²) >= 11 is 0.